The molecule has 15 nitrogen and oxygen atoms in total. The van der Waals surface area contributed by atoms with Crippen LogP contribution < -0.4 is 32.4 Å². The number of nitrogens with two attached hydrogens (primary N) is 4. The molecule has 1 aliphatic heterocycles. The van der Waals surface area contributed by atoms with Gasteiger partial charge >= 0.3 is 5.69 Å². The molecule has 0 aliphatic carbocycles. The average molecular weight is 1210 g/mol. The van der Waals surface area contributed by atoms with Gasteiger partial charge in [-0.1, -0.05) is 191 Å². The number of halogens is 8. The predicted octanol–water partition coefficient (Wildman–Crippen LogP) is 17.3. The molecule has 0 fully saturated rings. The number of anilines is 4. The smallest absolute Gasteiger partial charge is 0.329 e. The van der Waals surface area contributed by atoms with Gasteiger partial charge in [-0.05, 0) is 89.5 Å². The van der Waals surface area contributed by atoms with Crippen molar-refractivity contribution < 1.29 is 19.2 Å². The lowest BCUT2D eigenvalue weighted by Gasteiger charge is -2.07. The summed E-state index contributed by atoms with van der Waals surface area (Å²) in [7, 11) is 0. The molecule has 1 aliphatic rings. The summed E-state index contributed by atoms with van der Waals surface area (Å²) in [5.41, 5.74) is 26.8. The minimum absolute atomic E-state index is 0. The summed E-state index contributed by atoms with van der Waals surface area (Å²) in [5.74, 6) is 2.43. The van der Waals surface area contributed by atoms with E-state index >= 15 is 0 Å². The zero-order valence-electron chi connectivity index (χ0n) is 37.0. The van der Waals surface area contributed by atoms with Crippen LogP contribution in [0.5, 0.6) is 11.5 Å². The zero-order valence-corrected chi connectivity index (χ0v) is 43.1. The molecule has 5 heterocycles. The Labute approximate surface area is 489 Å². The first-order valence-corrected chi connectivity index (χ1v) is 23.5. The molecule has 0 saturated carbocycles. The van der Waals surface area contributed by atoms with Crippen molar-refractivity contribution in [1.82, 2.24) is 19.9 Å². The molecule has 0 radical (unpaired) electrons. The van der Waals surface area contributed by atoms with Crippen molar-refractivity contribution in [2.45, 2.75) is 56.8 Å². The number of benzene rings is 4. The topological polar surface area (TPSA) is 247 Å². The van der Waals surface area contributed by atoms with E-state index in [1.165, 1.54) is 18.2 Å². The van der Waals surface area contributed by atoms with Crippen LogP contribution in [0.2, 0.25) is 40.7 Å². The molecule has 0 amide bonds. The van der Waals surface area contributed by atoms with Gasteiger partial charge in [-0.15, -0.1) is 0 Å². The number of hydrogen-bond donors (Lipinski definition) is 4. The fourth-order valence-electron chi connectivity index (χ4n) is 5.80. The van der Waals surface area contributed by atoms with E-state index in [1.807, 2.05) is 84.9 Å². The van der Waals surface area contributed by atoms with Crippen LogP contribution in [0.25, 0.3) is 0 Å². The van der Waals surface area contributed by atoms with Crippen molar-refractivity contribution in [3.63, 3.8) is 0 Å². The second-order valence-electron chi connectivity index (χ2n) is 14.4. The Morgan fingerprint density at radius 2 is 1.00 bits per heavy atom. The summed E-state index contributed by atoms with van der Waals surface area (Å²) in [6.07, 6.45) is 1.48. The van der Waals surface area contributed by atoms with Gasteiger partial charge in [0.05, 0.1) is 26.4 Å². The van der Waals surface area contributed by atoms with E-state index < -0.39 is 10.6 Å². The van der Waals surface area contributed by atoms with Crippen molar-refractivity contribution in [1.29, 1.82) is 0 Å². The second kappa shape index (κ2) is 34.9. The Morgan fingerprint density at radius 1 is 0.545 bits per heavy atom. The number of rotatable bonds is 9. The van der Waals surface area contributed by atoms with E-state index in [0.717, 1.165) is 51.8 Å². The van der Waals surface area contributed by atoms with E-state index in [9.17, 15) is 14.9 Å². The maximum atomic E-state index is 10.5. The average Bonchev–Trinajstić information content (AvgIpc) is 3.77. The first-order valence-electron chi connectivity index (χ1n) is 20.5. The highest BCUT2D eigenvalue weighted by Gasteiger charge is 2.21. The van der Waals surface area contributed by atoms with Gasteiger partial charge in [0.1, 0.15) is 68.3 Å². The number of aliphatic imine (C=N–C) groups is 1. The normalized spacial score (nSPS) is 10.1. The number of pyridine rings is 4. The quantitative estimate of drug-likeness (QED) is 0.0455. The third-order valence-corrected chi connectivity index (χ3v) is 11.1. The number of carbonyl (C=O) groups excluding carboxylic acids is 1. The van der Waals surface area contributed by atoms with Gasteiger partial charge < -0.3 is 32.4 Å². The van der Waals surface area contributed by atoms with Crippen LogP contribution in [0.1, 0.15) is 69.7 Å². The van der Waals surface area contributed by atoms with E-state index in [1.54, 1.807) is 30.3 Å². The van der Waals surface area contributed by atoms with E-state index in [2.05, 4.69) is 24.9 Å². The molecule has 8 aromatic rings. The Hall–Kier alpha value is -6.66. The molecule has 77 heavy (non-hydrogen) atoms. The summed E-state index contributed by atoms with van der Waals surface area (Å²) in [5, 5.41) is 12.6. The number of fused-ring (bicyclic) bond motifs is 1. The molecule has 0 saturated heterocycles. The van der Waals surface area contributed by atoms with Gasteiger partial charge in [0.2, 0.25) is 5.82 Å². The maximum Gasteiger partial charge on any atom is 0.329 e. The number of ether oxygens (including phenoxy) is 2. The van der Waals surface area contributed by atoms with Crippen molar-refractivity contribution in [2.24, 2.45) is 4.99 Å². The van der Waals surface area contributed by atoms with Crippen molar-refractivity contribution >= 4 is 139 Å². The molecule has 0 atom stereocenters. The number of aldehydes is 1. The maximum absolute atomic E-state index is 10.5. The SMILES string of the molecule is C.C.C.C.C.Clc1cc(Cl)c2c(n1)N=C(c1ccc(OCc3ccccc3)cc1)C2.Nc1cc(Cl)cc(Cl)n1.Nc1nc(Cl)cc(Cl)c1N.Nc1nc(Cl)cc(Cl)c1[N+](=O)[O-].O=Cc1ccc(OCc2ccccc2)cc1. The van der Waals surface area contributed by atoms with Gasteiger partial charge in [0.15, 0.2) is 5.82 Å². The molecule has 4 aromatic carbocycles. The summed E-state index contributed by atoms with van der Waals surface area (Å²) in [4.78, 5) is 39.7. The number of aromatic nitrogens is 4. The molecule has 4 aromatic heterocycles. The molecule has 23 heteroatoms. The van der Waals surface area contributed by atoms with Crippen LogP contribution in [0.4, 0.5) is 34.6 Å². The molecular formula is C54H58Cl8N10O5. The number of carbonyl (C=O) groups is 1. The van der Waals surface area contributed by atoms with Gasteiger partial charge in [-0.25, -0.2) is 24.9 Å². The van der Waals surface area contributed by atoms with Crippen LogP contribution in [0.15, 0.2) is 145 Å². The molecule has 8 N–H and O–H groups in total. The Balaban J connectivity index is 0.000000975. The van der Waals surface area contributed by atoms with Crippen molar-refractivity contribution in [3.05, 3.63) is 218 Å². The van der Waals surface area contributed by atoms with Gasteiger partial charge in [-0.3, -0.25) is 14.9 Å². The summed E-state index contributed by atoms with van der Waals surface area (Å²) >= 11 is 45.2. The standard InChI is InChI=1S/C20H14Cl2N2O.C14H12O2.C5H3Cl2N3O2.C5H5Cl2N3.C5H4Cl2N2.5CH4/c21-17-11-19(22)24-20-16(17)10-18(23-20)14-6-8-15(9-7-14)25-12-13-4-2-1-3-5-13;15-10-12-6-8-14(9-7-12)16-11-13-4-2-1-3-5-13;6-2-1-3(7)9-5(8)4(2)10(11)12;6-2-1-3(7)10-5(9)4(2)8;6-3-1-4(7)9-5(8)2-3;;;;;/h1-9,11H,10,12H2;1-10H,11H2;1H,(H2,8,9);1H,8H2,(H2,9,10);1-2H,(H2,8,9);5*1H4. The van der Waals surface area contributed by atoms with Crippen LogP contribution in [0, 0.1) is 10.1 Å². The number of nitrogen functional groups attached to an aromatic ring is 4. The lowest BCUT2D eigenvalue weighted by Crippen LogP contribution is -2.01. The van der Waals surface area contributed by atoms with Gasteiger partial charge in [0.25, 0.3) is 0 Å². The Morgan fingerprint density at radius 3 is 1.45 bits per heavy atom. The first kappa shape index (κ1) is 70.3. The van der Waals surface area contributed by atoms with Crippen molar-refractivity contribution in [3.8, 4) is 11.5 Å². The van der Waals surface area contributed by atoms with Crippen LogP contribution in [-0.4, -0.2) is 36.9 Å². The largest absolute Gasteiger partial charge is 0.489 e. The zero-order chi connectivity index (χ0) is 52.3. The fourth-order valence-corrected chi connectivity index (χ4v) is 7.77. The lowest BCUT2D eigenvalue weighted by molar-refractivity contribution is -0.384. The monoisotopic (exact) mass is 1210 g/mol. The summed E-state index contributed by atoms with van der Waals surface area (Å²) in [6, 6.07) is 42.4. The van der Waals surface area contributed by atoms with E-state index in [4.69, 9.17) is 125 Å². The number of hydrogen-bond acceptors (Lipinski definition) is 14. The minimum atomic E-state index is -0.707. The Bertz CT molecular complexity index is 3050. The molecular weight excluding hydrogens is 1150 g/mol. The molecule has 0 unspecified atom stereocenters. The van der Waals surface area contributed by atoms with Gasteiger partial charge in [-0.2, -0.15) is 0 Å². The summed E-state index contributed by atoms with van der Waals surface area (Å²) < 4.78 is 11.4. The second-order valence-corrected chi connectivity index (χ2v) is 17.6. The highest BCUT2D eigenvalue weighted by Crippen LogP contribution is 2.35. The molecule has 9 rings (SSSR count). The first-order chi connectivity index (χ1) is 34.4. The minimum Gasteiger partial charge on any atom is -0.489 e. The molecule has 0 bridgehead atoms. The highest BCUT2D eigenvalue weighted by molar-refractivity contribution is 6.37. The number of nitro groups is 1. The van der Waals surface area contributed by atoms with Crippen molar-refractivity contribution in [2.75, 3.05) is 22.9 Å². The third kappa shape index (κ3) is 22.8. The molecule has 410 valence electrons. The van der Waals surface area contributed by atoms with Crippen LogP contribution in [-0.2, 0) is 19.6 Å². The number of nitrogens with zero attached hydrogens (tertiary/aromatic N) is 6. The Kier molecular flexibility index (Phi) is 31.9. The third-order valence-electron chi connectivity index (χ3n) is 9.21. The van der Waals surface area contributed by atoms with E-state index in [-0.39, 0.29) is 69.8 Å². The predicted molar refractivity (Wildman–Crippen MR) is 325 cm³/mol. The van der Waals surface area contributed by atoms with Crippen LogP contribution in [0.3, 0.4) is 0 Å². The fraction of sp³-hybridized carbons (Fsp3) is 0.148. The highest BCUT2D eigenvalue weighted by atomic mass is 35.5. The van der Waals surface area contributed by atoms with Gasteiger partial charge in [0, 0.05) is 28.6 Å². The van der Waals surface area contributed by atoms with Crippen LogP contribution >= 0.6 is 92.8 Å². The summed E-state index contributed by atoms with van der Waals surface area (Å²) in [6.45, 7) is 1.09. The molecule has 0 spiro atoms. The lowest BCUT2D eigenvalue weighted by atomic mass is 10.1. The van der Waals surface area contributed by atoms with E-state index in [0.29, 0.717) is 62.2 Å².